The Morgan fingerprint density at radius 3 is 1.61 bits per heavy atom. The zero-order valence-electron chi connectivity index (χ0n) is 42.8. The SMILES string of the molecule is CC(=O)N[C@H]1CC(C)N([C@H]2CC(C)N([C@H]3CC(C)N([C@@H](CC(C)C)C(=O)N[C@@H](CCCN=C(N)N)C(=O)N[C@H](C(=O)N[C@@H](CCCCN)C(=O)N[C@@H](CCCN=C(N)N)C(N)=O)C(C)C)C3=O)C2=O)C1=O. The van der Waals surface area contributed by atoms with Crippen molar-refractivity contribution in [3.63, 3.8) is 0 Å². The van der Waals surface area contributed by atoms with Crippen LogP contribution in [0.3, 0.4) is 0 Å². The van der Waals surface area contributed by atoms with Gasteiger partial charge in [0, 0.05) is 38.1 Å². The molecule has 3 aliphatic heterocycles. The molecule has 25 heteroatoms. The van der Waals surface area contributed by atoms with E-state index in [9.17, 15) is 43.2 Å². The number of primary amides is 1. The predicted octanol–water partition coefficient (Wildman–Crippen LogP) is -3.18. The van der Waals surface area contributed by atoms with E-state index in [2.05, 4.69) is 36.6 Å². The molecule has 400 valence electrons. The number of amides is 9. The fraction of sp³-hybridized carbons (Fsp3) is 0.761. The molecule has 0 aromatic rings. The number of nitrogens with zero attached hydrogens (tertiary/aromatic N) is 5. The monoisotopic (exact) mass is 1000 g/mol. The van der Waals surface area contributed by atoms with Gasteiger partial charge in [-0.05, 0) is 110 Å². The van der Waals surface area contributed by atoms with E-state index in [1.807, 2.05) is 27.7 Å². The highest BCUT2D eigenvalue weighted by Crippen LogP contribution is 2.36. The highest BCUT2D eigenvalue weighted by atomic mass is 16.2. The van der Waals surface area contributed by atoms with Gasteiger partial charge in [0.2, 0.25) is 53.2 Å². The van der Waals surface area contributed by atoms with E-state index in [0.717, 1.165) is 0 Å². The molecule has 0 bridgehead atoms. The Morgan fingerprint density at radius 1 is 0.606 bits per heavy atom. The molecule has 0 aromatic carbocycles. The fourth-order valence-corrected chi connectivity index (χ4v) is 9.73. The van der Waals surface area contributed by atoms with E-state index in [1.165, 1.54) is 21.6 Å². The second kappa shape index (κ2) is 27.4. The van der Waals surface area contributed by atoms with E-state index in [0.29, 0.717) is 32.2 Å². The summed E-state index contributed by atoms with van der Waals surface area (Å²) < 4.78 is 0. The summed E-state index contributed by atoms with van der Waals surface area (Å²) in [4.78, 5) is 136. The molecule has 0 radical (unpaired) electrons. The van der Waals surface area contributed by atoms with Gasteiger partial charge in [-0.15, -0.1) is 0 Å². The van der Waals surface area contributed by atoms with Gasteiger partial charge in [-0.2, -0.15) is 0 Å². The molecule has 3 unspecified atom stereocenters. The van der Waals surface area contributed by atoms with Crippen LogP contribution in [0.25, 0.3) is 0 Å². The average molecular weight is 1000 g/mol. The molecule has 25 nitrogen and oxygen atoms in total. The molecule has 3 heterocycles. The second-order valence-corrected chi connectivity index (χ2v) is 19.9. The topological polar surface area (TPSA) is 404 Å². The molecule has 0 saturated carbocycles. The number of carbonyl (C=O) groups is 9. The third kappa shape index (κ3) is 16.7. The standard InChI is InChI=1S/C46H82N16O9/c1-23(2)19-33(60-26(6)21-35(43(60)70)62-27(7)22-34(44(62)71)61-25(5)20-32(42(61)69)55-28(8)63)40(67)57-31(15-12-18-54-46(51)52)39(66)59-36(24(3)4)41(68)58-30(13-9-10-16-47)38(65)56-29(37(48)64)14-11-17-53-45(49)50/h23-27,29-36H,9-22,47H2,1-8H3,(H2,48,64)(H,55,63)(H,56,65)(H,57,67)(H,58,68)(H,59,66)(H4,49,50,53)(H4,51,52,54)/t25?,26?,27?,29-,30-,31-,32-,33-,34-,35-,36-/m0/s1. The van der Waals surface area contributed by atoms with Crippen LogP contribution >= 0.6 is 0 Å². The molecule has 3 saturated heterocycles. The largest absolute Gasteiger partial charge is 0.370 e. The highest BCUT2D eigenvalue weighted by Gasteiger charge is 2.55. The maximum Gasteiger partial charge on any atom is 0.246 e. The minimum absolute atomic E-state index is 0.0146. The van der Waals surface area contributed by atoms with Crippen LogP contribution in [0.2, 0.25) is 0 Å². The van der Waals surface area contributed by atoms with E-state index in [4.69, 9.17) is 34.4 Å². The van der Waals surface area contributed by atoms with Gasteiger partial charge in [-0.25, -0.2) is 0 Å². The summed E-state index contributed by atoms with van der Waals surface area (Å²) in [6.07, 6.45) is 2.82. The second-order valence-electron chi connectivity index (χ2n) is 19.9. The fourth-order valence-electron chi connectivity index (χ4n) is 9.73. The number of guanidine groups is 2. The summed E-state index contributed by atoms with van der Waals surface area (Å²) in [5.41, 5.74) is 33.2. The maximum atomic E-state index is 14.6. The molecular weight excluding hydrogens is 921 g/mol. The van der Waals surface area contributed by atoms with E-state index < -0.39 is 102 Å². The smallest absolute Gasteiger partial charge is 0.246 e. The van der Waals surface area contributed by atoms with E-state index in [1.54, 1.807) is 20.8 Å². The van der Waals surface area contributed by atoms with Crippen molar-refractivity contribution in [3.05, 3.63) is 0 Å². The first kappa shape index (κ1) is 59.0. The maximum absolute atomic E-state index is 14.6. The van der Waals surface area contributed by atoms with Crippen LogP contribution in [0.5, 0.6) is 0 Å². The number of hydrogen-bond donors (Lipinski definition) is 11. The number of nitrogens with one attached hydrogen (secondary N) is 5. The first-order valence-electron chi connectivity index (χ1n) is 24.9. The third-order valence-electron chi connectivity index (χ3n) is 13.2. The zero-order valence-corrected chi connectivity index (χ0v) is 42.8. The lowest BCUT2D eigenvalue weighted by molar-refractivity contribution is -0.148. The Hall–Kier alpha value is -6.27. The average Bonchev–Trinajstić information content (AvgIpc) is 3.83. The van der Waals surface area contributed by atoms with Gasteiger partial charge in [0.05, 0.1) is 0 Å². The van der Waals surface area contributed by atoms with Gasteiger partial charge in [-0.1, -0.05) is 27.7 Å². The van der Waals surface area contributed by atoms with Gasteiger partial charge < -0.3 is 75.7 Å². The molecule has 17 N–H and O–H groups in total. The molecule has 0 aromatic heterocycles. The Kier molecular flexibility index (Phi) is 22.8. The zero-order chi connectivity index (χ0) is 53.4. The minimum atomic E-state index is -1.26. The van der Waals surface area contributed by atoms with E-state index >= 15 is 0 Å². The van der Waals surface area contributed by atoms with Crippen molar-refractivity contribution in [1.82, 2.24) is 41.3 Å². The van der Waals surface area contributed by atoms with Gasteiger partial charge in [0.25, 0.3) is 0 Å². The van der Waals surface area contributed by atoms with Crippen LogP contribution in [0, 0.1) is 11.8 Å². The minimum Gasteiger partial charge on any atom is -0.370 e. The molecule has 9 amide bonds. The number of unbranched alkanes of at least 4 members (excludes halogenated alkanes) is 1. The molecule has 3 rings (SSSR count). The van der Waals surface area contributed by atoms with Crippen LogP contribution in [-0.4, -0.2) is 166 Å². The Morgan fingerprint density at radius 2 is 1.08 bits per heavy atom. The summed E-state index contributed by atoms with van der Waals surface area (Å²) in [5.74, 6) is -6.04. The molecule has 3 fully saturated rings. The predicted molar refractivity (Wildman–Crippen MR) is 266 cm³/mol. The Labute approximate surface area is 416 Å². The number of carbonyl (C=O) groups excluding carboxylic acids is 9. The molecule has 0 aliphatic carbocycles. The number of aliphatic imine (C=N–C) groups is 2. The van der Waals surface area contributed by atoms with Crippen molar-refractivity contribution in [2.75, 3.05) is 19.6 Å². The summed E-state index contributed by atoms with van der Waals surface area (Å²) >= 11 is 0. The number of nitrogens with two attached hydrogens (primary N) is 6. The first-order chi connectivity index (χ1) is 33.3. The highest BCUT2D eigenvalue weighted by molar-refractivity contribution is 6.00. The van der Waals surface area contributed by atoms with Crippen LogP contribution in [0.4, 0.5) is 0 Å². The quantitative estimate of drug-likeness (QED) is 0.0209. The molecule has 71 heavy (non-hydrogen) atoms. The summed E-state index contributed by atoms with van der Waals surface area (Å²) in [6.45, 7) is 14.5. The van der Waals surface area contributed by atoms with Gasteiger partial charge in [0.1, 0.15) is 48.3 Å². The van der Waals surface area contributed by atoms with Crippen molar-refractivity contribution >= 4 is 65.1 Å². The lowest BCUT2D eigenvalue weighted by Crippen LogP contribution is -2.60. The van der Waals surface area contributed by atoms with Crippen molar-refractivity contribution in [1.29, 1.82) is 0 Å². The molecular formula is C46H82N16O9. The van der Waals surface area contributed by atoms with Crippen molar-refractivity contribution in [2.45, 2.75) is 192 Å². The first-order valence-corrected chi connectivity index (χ1v) is 24.9. The normalized spacial score (nSPS) is 23.2. The molecule has 11 atom stereocenters. The van der Waals surface area contributed by atoms with Crippen molar-refractivity contribution in [2.24, 2.45) is 56.2 Å². The van der Waals surface area contributed by atoms with Crippen LogP contribution in [0.1, 0.15) is 126 Å². The van der Waals surface area contributed by atoms with Gasteiger partial charge >= 0.3 is 0 Å². The number of rotatable bonds is 28. The van der Waals surface area contributed by atoms with E-state index in [-0.39, 0.29) is 99.6 Å². The van der Waals surface area contributed by atoms with Crippen LogP contribution in [0.15, 0.2) is 9.98 Å². The van der Waals surface area contributed by atoms with Crippen LogP contribution in [-0.2, 0) is 43.2 Å². The third-order valence-corrected chi connectivity index (χ3v) is 13.2. The van der Waals surface area contributed by atoms with Crippen molar-refractivity contribution < 1.29 is 43.2 Å². The van der Waals surface area contributed by atoms with Crippen LogP contribution < -0.4 is 61.0 Å². The number of hydrogen-bond acceptors (Lipinski definition) is 12. The van der Waals surface area contributed by atoms with Gasteiger partial charge in [0.15, 0.2) is 11.9 Å². The Bertz CT molecular complexity index is 1970. The summed E-state index contributed by atoms with van der Waals surface area (Å²) in [7, 11) is 0. The summed E-state index contributed by atoms with van der Waals surface area (Å²) in [6, 6.07) is -9.59. The van der Waals surface area contributed by atoms with Crippen molar-refractivity contribution in [3.8, 4) is 0 Å². The van der Waals surface area contributed by atoms with Gasteiger partial charge in [-0.3, -0.25) is 53.1 Å². The Balaban J connectivity index is 1.87. The lowest BCUT2D eigenvalue weighted by Gasteiger charge is -2.34. The lowest BCUT2D eigenvalue weighted by atomic mass is 9.99. The summed E-state index contributed by atoms with van der Waals surface area (Å²) in [5, 5.41) is 13.6. The molecule has 3 aliphatic rings. The number of likely N-dealkylation sites (tertiary alicyclic amines) is 3. The molecule has 0 spiro atoms.